The van der Waals surface area contributed by atoms with Crippen molar-refractivity contribution in [3.05, 3.63) is 34.9 Å². The molecule has 0 bridgehead atoms. The molecule has 1 aromatic carbocycles. The van der Waals surface area contributed by atoms with Gasteiger partial charge in [-0.15, -0.1) is 0 Å². The van der Waals surface area contributed by atoms with Crippen LogP contribution in [0.3, 0.4) is 0 Å². The van der Waals surface area contributed by atoms with E-state index in [4.69, 9.17) is 21.1 Å². The zero-order valence-electron chi connectivity index (χ0n) is 15.1. The summed E-state index contributed by atoms with van der Waals surface area (Å²) in [5.74, 6) is -0.0581. The number of benzene rings is 1. The van der Waals surface area contributed by atoms with Crippen LogP contribution in [0, 0.1) is 0 Å². The predicted molar refractivity (Wildman–Crippen MR) is 97.2 cm³/mol. The predicted octanol–water partition coefficient (Wildman–Crippen LogP) is 4.57. The quantitative estimate of drug-likeness (QED) is 0.562. The van der Waals surface area contributed by atoms with Gasteiger partial charge < -0.3 is 14.2 Å². The van der Waals surface area contributed by atoms with Gasteiger partial charge in [-0.05, 0) is 44.9 Å². The fourth-order valence-electron chi connectivity index (χ4n) is 2.05. The molecule has 7 heteroatoms. The second kappa shape index (κ2) is 9.93. The summed E-state index contributed by atoms with van der Waals surface area (Å²) in [6, 6.07) is 4.88. The van der Waals surface area contributed by atoms with Gasteiger partial charge in [0.15, 0.2) is 0 Å². The Morgan fingerprint density at radius 2 is 2.00 bits per heavy atom. The number of amides is 1. The third-order valence-corrected chi connectivity index (χ3v) is 3.44. The lowest BCUT2D eigenvalue weighted by molar-refractivity contribution is -0.148. The highest BCUT2D eigenvalue weighted by atomic mass is 35.5. The van der Waals surface area contributed by atoms with Crippen LogP contribution < -0.4 is 10.1 Å². The van der Waals surface area contributed by atoms with E-state index in [0.717, 1.165) is 0 Å². The number of hydrogen-bond donors (Lipinski definition) is 1. The minimum Gasteiger partial charge on any atom is -0.491 e. The molecule has 1 aromatic rings. The first kappa shape index (κ1) is 20.8. The largest absolute Gasteiger partial charge is 0.491 e. The molecular formula is C18H24ClNO5. The summed E-state index contributed by atoms with van der Waals surface area (Å²) in [4.78, 5) is 23.9. The molecule has 0 fully saturated rings. The number of esters is 1. The smallest absolute Gasteiger partial charge is 0.412 e. The number of carbonyl (C=O) groups is 2. The Morgan fingerprint density at radius 3 is 2.52 bits per heavy atom. The second-order valence-electron chi connectivity index (χ2n) is 5.60. The van der Waals surface area contributed by atoms with Gasteiger partial charge in [0.05, 0.1) is 23.9 Å². The van der Waals surface area contributed by atoms with Gasteiger partial charge >= 0.3 is 12.1 Å². The van der Waals surface area contributed by atoms with E-state index in [9.17, 15) is 9.59 Å². The molecule has 0 radical (unpaired) electrons. The van der Waals surface area contributed by atoms with E-state index < -0.39 is 18.2 Å². The van der Waals surface area contributed by atoms with E-state index in [1.807, 2.05) is 20.8 Å². The molecule has 1 amide bonds. The molecular weight excluding hydrogens is 346 g/mol. The number of halogens is 1. The molecule has 138 valence electrons. The first-order valence-corrected chi connectivity index (χ1v) is 8.34. The number of ether oxygens (including phenoxy) is 3. The molecule has 0 aliphatic carbocycles. The van der Waals surface area contributed by atoms with Crippen LogP contribution in [0.15, 0.2) is 29.8 Å². The first-order valence-electron chi connectivity index (χ1n) is 7.96. The van der Waals surface area contributed by atoms with E-state index in [1.54, 1.807) is 31.2 Å². The molecule has 0 spiro atoms. The number of anilines is 1. The van der Waals surface area contributed by atoms with Crippen molar-refractivity contribution in [3.63, 3.8) is 0 Å². The number of nitrogens with one attached hydrogen (secondary N) is 1. The van der Waals surface area contributed by atoms with Crippen LogP contribution in [-0.2, 0) is 14.3 Å². The highest BCUT2D eigenvalue weighted by Gasteiger charge is 2.25. The molecule has 1 unspecified atom stereocenters. The van der Waals surface area contributed by atoms with Crippen molar-refractivity contribution < 1.29 is 23.8 Å². The molecule has 6 nitrogen and oxygen atoms in total. The molecule has 1 atom stereocenters. The molecule has 0 saturated carbocycles. The van der Waals surface area contributed by atoms with Gasteiger partial charge in [0, 0.05) is 6.07 Å². The number of methoxy groups -OCH3 is 1. The third-order valence-electron chi connectivity index (χ3n) is 3.13. The van der Waals surface area contributed by atoms with Crippen molar-refractivity contribution >= 4 is 29.4 Å². The van der Waals surface area contributed by atoms with E-state index in [1.165, 1.54) is 7.11 Å². The van der Waals surface area contributed by atoms with Gasteiger partial charge in [-0.3, -0.25) is 5.32 Å². The molecule has 0 aliphatic rings. The third kappa shape index (κ3) is 6.66. The molecule has 0 saturated heterocycles. The Balaban J connectivity index is 2.83. The van der Waals surface area contributed by atoms with Crippen LogP contribution in [0.25, 0.3) is 0 Å². The molecule has 25 heavy (non-hydrogen) atoms. The lowest BCUT2D eigenvalue weighted by Gasteiger charge is -2.17. The number of rotatable bonds is 7. The van der Waals surface area contributed by atoms with Crippen LogP contribution in [0.1, 0.15) is 34.1 Å². The minimum absolute atomic E-state index is 0.00832. The molecule has 0 aliphatic heterocycles. The lowest BCUT2D eigenvalue weighted by Crippen LogP contribution is -2.31. The van der Waals surface area contributed by atoms with Crippen LogP contribution in [0.4, 0.5) is 10.5 Å². The standard InChI is InChI=1S/C18H24ClNO5/c1-6-7-12(4)16(17(21)23-5)25-18(22)20-15-9-8-13(10-14(15)19)24-11(2)3/h7-11,16H,6H2,1-5H3,(H,20,22)/b12-7+. The topological polar surface area (TPSA) is 73.9 Å². The van der Waals surface area contributed by atoms with Crippen molar-refractivity contribution in [1.82, 2.24) is 0 Å². The zero-order chi connectivity index (χ0) is 19.0. The summed E-state index contributed by atoms with van der Waals surface area (Å²) in [6.07, 6.45) is 0.591. The highest BCUT2D eigenvalue weighted by molar-refractivity contribution is 6.33. The summed E-state index contributed by atoms with van der Waals surface area (Å²) < 4.78 is 15.4. The highest BCUT2D eigenvalue weighted by Crippen LogP contribution is 2.27. The fraction of sp³-hybridized carbons (Fsp3) is 0.444. The maximum absolute atomic E-state index is 12.1. The monoisotopic (exact) mass is 369 g/mol. The zero-order valence-corrected chi connectivity index (χ0v) is 15.8. The van der Waals surface area contributed by atoms with Crippen molar-refractivity contribution in [3.8, 4) is 5.75 Å². The van der Waals surface area contributed by atoms with E-state index in [0.29, 0.717) is 28.5 Å². The molecule has 0 aromatic heterocycles. The van der Waals surface area contributed by atoms with Crippen LogP contribution in [-0.4, -0.2) is 31.4 Å². The van der Waals surface area contributed by atoms with Gasteiger partial charge in [-0.1, -0.05) is 24.6 Å². The minimum atomic E-state index is -1.10. The van der Waals surface area contributed by atoms with Gasteiger partial charge in [0.2, 0.25) is 6.10 Å². The van der Waals surface area contributed by atoms with Gasteiger partial charge in [0.1, 0.15) is 5.75 Å². The van der Waals surface area contributed by atoms with Crippen LogP contribution in [0.2, 0.25) is 5.02 Å². The Bertz CT molecular complexity index is 642. The number of carbonyl (C=O) groups excluding carboxylic acids is 2. The van der Waals surface area contributed by atoms with Crippen LogP contribution >= 0.6 is 11.6 Å². The SMILES string of the molecule is CC/C=C(\C)C(OC(=O)Nc1ccc(OC(C)C)cc1Cl)C(=O)OC. The fourth-order valence-corrected chi connectivity index (χ4v) is 2.27. The number of allylic oxidation sites excluding steroid dienone is 1. The summed E-state index contributed by atoms with van der Waals surface area (Å²) in [5, 5.41) is 2.81. The van der Waals surface area contributed by atoms with Gasteiger partial charge in [0.25, 0.3) is 0 Å². The molecule has 1 N–H and O–H groups in total. The summed E-state index contributed by atoms with van der Waals surface area (Å²) in [6.45, 7) is 7.41. The number of hydrogen-bond acceptors (Lipinski definition) is 5. The van der Waals surface area contributed by atoms with Crippen molar-refractivity contribution in [2.75, 3.05) is 12.4 Å². The van der Waals surface area contributed by atoms with Crippen molar-refractivity contribution in [1.29, 1.82) is 0 Å². The Labute approximate surface area is 153 Å². The van der Waals surface area contributed by atoms with Crippen LogP contribution in [0.5, 0.6) is 5.75 Å². The van der Waals surface area contributed by atoms with Gasteiger partial charge in [-0.2, -0.15) is 0 Å². The van der Waals surface area contributed by atoms with E-state index >= 15 is 0 Å². The maximum atomic E-state index is 12.1. The van der Waals surface area contributed by atoms with Gasteiger partial charge in [-0.25, -0.2) is 9.59 Å². The van der Waals surface area contributed by atoms with E-state index in [2.05, 4.69) is 10.1 Å². The molecule has 1 rings (SSSR count). The molecule has 0 heterocycles. The summed E-state index contributed by atoms with van der Waals surface area (Å²) in [7, 11) is 1.24. The first-order chi connectivity index (χ1) is 11.8. The Morgan fingerprint density at radius 1 is 1.32 bits per heavy atom. The lowest BCUT2D eigenvalue weighted by atomic mass is 10.1. The van der Waals surface area contributed by atoms with Crippen molar-refractivity contribution in [2.24, 2.45) is 0 Å². The maximum Gasteiger partial charge on any atom is 0.412 e. The average molecular weight is 370 g/mol. The van der Waals surface area contributed by atoms with Crippen molar-refractivity contribution in [2.45, 2.75) is 46.3 Å². The average Bonchev–Trinajstić information content (AvgIpc) is 2.54. The summed E-state index contributed by atoms with van der Waals surface area (Å²) in [5.41, 5.74) is 0.944. The summed E-state index contributed by atoms with van der Waals surface area (Å²) >= 11 is 6.14. The Hall–Kier alpha value is -2.21. The normalized spacial score (nSPS) is 12.5. The second-order valence-corrected chi connectivity index (χ2v) is 6.01. The van der Waals surface area contributed by atoms with E-state index in [-0.39, 0.29) is 6.10 Å². The Kier molecular flexibility index (Phi) is 8.28.